The van der Waals surface area contributed by atoms with Gasteiger partial charge in [-0.3, -0.25) is 25.2 Å². The van der Waals surface area contributed by atoms with Gasteiger partial charge in [0.25, 0.3) is 11.1 Å². The molecule has 1 aliphatic rings. The number of fused-ring (bicyclic) bond motifs is 1. The Bertz CT molecular complexity index is 746. The van der Waals surface area contributed by atoms with Crippen LogP contribution in [0.15, 0.2) is 33.9 Å². The number of para-hydroxylation sites is 2. The molecular weight excluding hydrogens is 352 g/mol. The fraction of sp³-hybridized carbons (Fsp3) is 0.286. The molecule has 10 heteroatoms. The van der Waals surface area contributed by atoms with Crippen LogP contribution in [-0.2, 0) is 14.4 Å². The second-order valence-corrected chi connectivity index (χ2v) is 6.78. The van der Waals surface area contributed by atoms with E-state index in [9.17, 15) is 14.4 Å². The summed E-state index contributed by atoms with van der Waals surface area (Å²) in [5.74, 6) is 0.0250. The monoisotopic (exact) mass is 366 g/mol. The van der Waals surface area contributed by atoms with Gasteiger partial charge in [-0.25, -0.2) is 4.98 Å². The van der Waals surface area contributed by atoms with Crippen LogP contribution in [0.3, 0.4) is 0 Å². The molecule has 126 valence electrons. The van der Waals surface area contributed by atoms with E-state index in [1.54, 1.807) is 6.07 Å². The average Bonchev–Trinajstić information content (AvgIpc) is 3.17. The highest BCUT2D eigenvalue weighted by molar-refractivity contribution is 8.00. The molecule has 2 heterocycles. The number of oxazole rings is 1. The molecule has 3 amide bonds. The molecule has 3 rings (SSSR count). The number of benzene rings is 1. The van der Waals surface area contributed by atoms with Gasteiger partial charge in [0, 0.05) is 0 Å². The van der Waals surface area contributed by atoms with Crippen molar-refractivity contribution in [3.8, 4) is 0 Å². The number of thioether (sulfide) groups is 2. The molecule has 0 atom stereocenters. The molecule has 2 N–H and O–H groups in total. The summed E-state index contributed by atoms with van der Waals surface area (Å²) in [4.78, 5) is 40.5. The van der Waals surface area contributed by atoms with E-state index in [4.69, 9.17) is 4.42 Å². The normalized spacial score (nSPS) is 14.2. The number of carbonyl (C=O) groups is 3. The Morgan fingerprint density at radius 2 is 2.08 bits per heavy atom. The van der Waals surface area contributed by atoms with Crippen molar-refractivity contribution in [1.29, 1.82) is 0 Å². The number of nitrogens with one attached hydrogen (secondary N) is 2. The average molecular weight is 366 g/mol. The second kappa shape index (κ2) is 7.58. The summed E-state index contributed by atoms with van der Waals surface area (Å²) >= 11 is 2.58. The lowest BCUT2D eigenvalue weighted by atomic mass is 10.3. The molecule has 8 nitrogen and oxygen atoms in total. The molecule has 1 aromatic carbocycles. The zero-order valence-electron chi connectivity index (χ0n) is 12.5. The van der Waals surface area contributed by atoms with Crippen LogP contribution < -0.4 is 10.9 Å². The predicted octanol–water partition coefficient (Wildman–Crippen LogP) is 0.600. The van der Waals surface area contributed by atoms with E-state index in [-0.39, 0.29) is 18.2 Å². The Kier molecular flexibility index (Phi) is 5.26. The van der Waals surface area contributed by atoms with Crippen molar-refractivity contribution in [2.24, 2.45) is 0 Å². The molecule has 0 bridgehead atoms. The van der Waals surface area contributed by atoms with Crippen LogP contribution in [0.1, 0.15) is 0 Å². The van der Waals surface area contributed by atoms with Gasteiger partial charge < -0.3 is 9.32 Å². The summed E-state index contributed by atoms with van der Waals surface area (Å²) < 4.78 is 5.48. The molecule has 1 saturated heterocycles. The van der Waals surface area contributed by atoms with E-state index in [1.807, 2.05) is 18.2 Å². The van der Waals surface area contributed by atoms with Gasteiger partial charge in [0.15, 0.2) is 5.58 Å². The molecule has 1 fully saturated rings. The fourth-order valence-corrected chi connectivity index (χ4v) is 3.51. The van der Waals surface area contributed by atoms with E-state index in [1.165, 1.54) is 16.7 Å². The van der Waals surface area contributed by atoms with Gasteiger partial charge in [0.2, 0.25) is 11.8 Å². The zero-order chi connectivity index (χ0) is 16.9. The van der Waals surface area contributed by atoms with Gasteiger partial charge in [-0.2, -0.15) is 0 Å². The lowest BCUT2D eigenvalue weighted by molar-refractivity contribution is -0.133. The van der Waals surface area contributed by atoms with Gasteiger partial charge in [0.05, 0.1) is 17.4 Å². The third-order valence-corrected chi connectivity index (χ3v) is 4.88. The first-order valence-corrected chi connectivity index (χ1v) is 9.17. The highest BCUT2D eigenvalue weighted by atomic mass is 32.2. The van der Waals surface area contributed by atoms with Crippen LogP contribution in [0.2, 0.25) is 0 Å². The summed E-state index contributed by atoms with van der Waals surface area (Å²) in [6.45, 7) is -0.0651. The van der Waals surface area contributed by atoms with Crippen molar-refractivity contribution in [2.45, 2.75) is 5.22 Å². The third kappa shape index (κ3) is 4.20. The highest BCUT2D eigenvalue weighted by Gasteiger charge is 2.22. The van der Waals surface area contributed by atoms with Gasteiger partial charge in [-0.15, -0.1) is 11.8 Å². The largest absolute Gasteiger partial charge is 0.431 e. The Morgan fingerprint density at radius 3 is 2.83 bits per heavy atom. The van der Waals surface area contributed by atoms with E-state index in [0.717, 1.165) is 17.3 Å². The van der Waals surface area contributed by atoms with Gasteiger partial charge >= 0.3 is 0 Å². The van der Waals surface area contributed by atoms with Crippen molar-refractivity contribution >= 4 is 52.3 Å². The molecule has 0 spiro atoms. The summed E-state index contributed by atoms with van der Waals surface area (Å²) in [5, 5.41) is 0.386. The Morgan fingerprint density at radius 1 is 1.29 bits per heavy atom. The summed E-state index contributed by atoms with van der Waals surface area (Å²) in [6.07, 6.45) is 0. The zero-order valence-corrected chi connectivity index (χ0v) is 14.1. The van der Waals surface area contributed by atoms with Crippen molar-refractivity contribution in [3.63, 3.8) is 0 Å². The first-order chi connectivity index (χ1) is 11.6. The van der Waals surface area contributed by atoms with E-state index in [0.29, 0.717) is 22.4 Å². The maximum atomic E-state index is 11.7. The first kappa shape index (κ1) is 16.7. The van der Waals surface area contributed by atoms with Crippen molar-refractivity contribution in [1.82, 2.24) is 20.7 Å². The Balaban J connectivity index is 1.40. The predicted molar refractivity (Wildman–Crippen MR) is 90.1 cm³/mol. The standard InChI is InChI=1S/C14H14N4O4S2/c19-11(5-18-8-23-7-13(18)21)16-17-12(20)6-24-14-15-9-3-1-2-4-10(9)22-14/h1-4H,5-8H2,(H,16,19)(H,17,20). The highest BCUT2D eigenvalue weighted by Crippen LogP contribution is 2.22. The maximum absolute atomic E-state index is 11.7. The molecule has 1 aliphatic heterocycles. The molecule has 2 aromatic rings. The van der Waals surface area contributed by atoms with Crippen molar-refractivity contribution in [3.05, 3.63) is 24.3 Å². The third-order valence-electron chi connectivity index (χ3n) is 3.10. The smallest absolute Gasteiger partial charge is 0.258 e. The van der Waals surface area contributed by atoms with Crippen molar-refractivity contribution < 1.29 is 18.8 Å². The van der Waals surface area contributed by atoms with E-state index >= 15 is 0 Å². The molecule has 24 heavy (non-hydrogen) atoms. The van der Waals surface area contributed by atoms with Crippen LogP contribution in [0.25, 0.3) is 11.1 Å². The van der Waals surface area contributed by atoms with Crippen LogP contribution in [0, 0.1) is 0 Å². The van der Waals surface area contributed by atoms with Crippen LogP contribution >= 0.6 is 23.5 Å². The van der Waals surface area contributed by atoms with Crippen LogP contribution in [-0.4, -0.2) is 51.5 Å². The fourth-order valence-electron chi connectivity index (χ4n) is 1.97. The second-order valence-electron chi connectivity index (χ2n) is 4.90. The number of nitrogens with zero attached hydrogens (tertiary/aromatic N) is 2. The molecular formula is C14H14N4O4S2. The maximum Gasteiger partial charge on any atom is 0.258 e. The number of carbonyl (C=O) groups excluding carboxylic acids is 3. The van der Waals surface area contributed by atoms with Gasteiger partial charge in [0.1, 0.15) is 12.1 Å². The lowest BCUT2D eigenvalue weighted by Gasteiger charge is -2.14. The van der Waals surface area contributed by atoms with Crippen LogP contribution in [0.4, 0.5) is 0 Å². The number of hydrazine groups is 1. The van der Waals surface area contributed by atoms with E-state index < -0.39 is 11.8 Å². The molecule has 0 aliphatic carbocycles. The number of amides is 3. The van der Waals surface area contributed by atoms with Crippen LogP contribution in [0.5, 0.6) is 0 Å². The van der Waals surface area contributed by atoms with Gasteiger partial charge in [-0.1, -0.05) is 23.9 Å². The summed E-state index contributed by atoms with van der Waals surface area (Å²) in [7, 11) is 0. The van der Waals surface area contributed by atoms with E-state index in [2.05, 4.69) is 15.8 Å². The lowest BCUT2D eigenvalue weighted by Crippen LogP contribution is -2.47. The molecule has 0 unspecified atom stereocenters. The Hall–Kier alpha value is -2.20. The summed E-state index contributed by atoms with van der Waals surface area (Å²) in [6, 6.07) is 7.31. The number of hydrogen-bond acceptors (Lipinski definition) is 7. The quantitative estimate of drug-likeness (QED) is 0.590. The number of hydrogen-bond donors (Lipinski definition) is 2. The minimum atomic E-state index is -0.439. The number of aromatic nitrogens is 1. The SMILES string of the molecule is O=C(CSc1nc2ccccc2o1)NNC(=O)CN1CSCC1=O. The summed E-state index contributed by atoms with van der Waals surface area (Å²) in [5.41, 5.74) is 5.97. The van der Waals surface area contributed by atoms with Gasteiger partial charge in [-0.05, 0) is 12.1 Å². The molecule has 0 radical (unpaired) electrons. The Labute approximate surface area is 145 Å². The first-order valence-electron chi connectivity index (χ1n) is 7.03. The molecule has 1 aromatic heterocycles. The minimum Gasteiger partial charge on any atom is -0.431 e. The minimum absolute atomic E-state index is 0.0472. The molecule has 0 saturated carbocycles. The topological polar surface area (TPSA) is 105 Å². The van der Waals surface area contributed by atoms with Crippen molar-refractivity contribution in [2.75, 3.05) is 23.9 Å². The number of rotatable bonds is 5.